The highest BCUT2D eigenvalue weighted by atomic mass is 32.1. The van der Waals surface area contributed by atoms with Gasteiger partial charge in [0.15, 0.2) is 0 Å². The van der Waals surface area contributed by atoms with Crippen molar-refractivity contribution in [3.63, 3.8) is 0 Å². The summed E-state index contributed by atoms with van der Waals surface area (Å²) in [4.78, 5) is 15.6. The van der Waals surface area contributed by atoms with Gasteiger partial charge in [0.25, 0.3) is 0 Å². The van der Waals surface area contributed by atoms with E-state index in [-0.39, 0.29) is 4.88 Å². The van der Waals surface area contributed by atoms with Gasteiger partial charge in [0, 0.05) is 0 Å². The van der Waals surface area contributed by atoms with Crippen molar-refractivity contribution < 1.29 is 9.90 Å². The molecule has 3 rings (SSSR count). The van der Waals surface area contributed by atoms with E-state index in [1.165, 1.54) is 11.3 Å². The second-order valence-corrected chi connectivity index (χ2v) is 4.82. The standard InChI is InChI=1S/C12H9N3O2S/c1-7-10(12(16)17)18-11(14-7)9-4-2-3-8-5-6-13-15(8)9/h2-6H,1H3,(H,16,17). The van der Waals surface area contributed by atoms with Crippen molar-refractivity contribution in [2.45, 2.75) is 6.92 Å². The summed E-state index contributed by atoms with van der Waals surface area (Å²) >= 11 is 1.17. The van der Waals surface area contributed by atoms with E-state index in [0.29, 0.717) is 10.7 Å². The Morgan fingerprint density at radius 3 is 2.94 bits per heavy atom. The van der Waals surface area contributed by atoms with Gasteiger partial charge in [-0.15, -0.1) is 11.3 Å². The summed E-state index contributed by atoms with van der Waals surface area (Å²) in [5.41, 5.74) is 2.29. The molecule has 18 heavy (non-hydrogen) atoms. The molecule has 0 radical (unpaired) electrons. The van der Waals surface area contributed by atoms with Gasteiger partial charge in [0.05, 0.1) is 17.4 Å². The molecular weight excluding hydrogens is 250 g/mol. The summed E-state index contributed by atoms with van der Waals surface area (Å²) in [7, 11) is 0. The highest BCUT2D eigenvalue weighted by Crippen LogP contribution is 2.28. The highest BCUT2D eigenvalue weighted by molar-refractivity contribution is 7.17. The number of carbonyl (C=O) groups is 1. The van der Waals surface area contributed by atoms with E-state index < -0.39 is 5.97 Å². The lowest BCUT2D eigenvalue weighted by molar-refractivity contribution is 0.0701. The molecule has 0 atom stereocenters. The van der Waals surface area contributed by atoms with Crippen LogP contribution in [0.1, 0.15) is 15.4 Å². The first-order valence-corrected chi connectivity index (χ1v) is 6.12. The molecule has 0 aliphatic carbocycles. The Labute approximate surface area is 106 Å². The molecule has 1 N–H and O–H groups in total. The number of hydrogen-bond donors (Lipinski definition) is 1. The summed E-state index contributed by atoms with van der Waals surface area (Å²) in [6, 6.07) is 7.62. The number of hydrogen-bond acceptors (Lipinski definition) is 4. The molecule has 3 aromatic rings. The predicted octanol–water partition coefficient (Wildman–Crippen LogP) is 2.46. The minimum Gasteiger partial charge on any atom is -0.477 e. The summed E-state index contributed by atoms with van der Waals surface area (Å²) < 4.78 is 1.75. The minimum absolute atomic E-state index is 0.272. The number of thiazole rings is 1. The number of nitrogens with zero attached hydrogens (tertiary/aromatic N) is 3. The van der Waals surface area contributed by atoms with Gasteiger partial charge in [-0.1, -0.05) is 6.07 Å². The fourth-order valence-electron chi connectivity index (χ4n) is 1.82. The van der Waals surface area contributed by atoms with Crippen LogP contribution in [0.5, 0.6) is 0 Å². The van der Waals surface area contributed by atoms with Gasteiger partial charge in [-0.05, 0) is 25.1 Å². The zero-order valence-electron chi connectivity index (χ0n) is 9.49. The van der Waals surface area contributed by atoms with E-state index >= 15 is 0 Å². The smallest absolute Gasteiger partial charge is 0.347 e. The van der Waals surface area contributed by atoms with Crippen LogP contribution in [0, 0.1) is 6.92 Å². The molecule has 0 saturated carbocycles. The van der Waals surface area contributed by atoms with Crippen LogP contribution < -0.4 is 0 Å². The molecule has 0 bridgehead atoms. The van der Waals surface area contributed by atoms with Crippen LogP contribution in [0.25, 0.3) is 16.2 Å². The van der Waals surface area contributed by atoms with E-state index in [4.69, 9.17) is 5.11 Å². The van der Waals surface area contributed by atoms with E-state index in [2.05, 4.69) is 10.1 Å². The molecule has 0 spiro atoms. The molecule has 0 saturated heterocycles. The van der Waals surface area contributed by atoms with Crippen LogP contribution in [0.3, 0.4) is 0 Å². The average molecular weight is 259 g/mol. The molecule has 3 aromatic heterocycles. The Morgan fingerprint density at radius 1 is 1.39 bits per heavy atom. The molecule has 0 amide bonds. The van der Waals surface area contributed by atoms with E-state index in [1.54, 1.807) is 17.6 Å². The van der Waals surface area contributed by atoms with Gasteiger partial charge >= 0.3 is 5.97 Å². The van der Waals surface area contributed by atoms with Crippen molar-refractivity contribution in [3.8, 4) is 10.7 Å². The van der Waals surface area contributed by atoms with Crippen molar-refractivity contribution in [1.29, 1.82) is 0 Å². The number of aromatic carboxylic acids is 1. The van der Waals surface area contributed by atoms with Gasteiger partial charge in [-0.2, -0.15) is 5.10 Å². The lowest BCUT2D eigenvalue weighted by Crippen LogP contribution is -1.94. The molecule has 6 heteroatoms. The third-order valence-electron chi connectivity index (χ3n) is 2.63. The third kappa shape index (κ3) is 1.58. The highest BCUT2D eigenvalue weighted by Gasteiger charge is 2.16. The van der Waals surface area contributed by atoms with Gasteiger partial charge in [-0.25, -0.2) is 14.3 Å². The molecule has 5 nitrogen and oxygen atoms in total. The van der Waals surface area contributed by atoms with E-state index in [1.807, 2.05) is 24.3 Å². The Kier molecular flexibility index (Phi) is 2.38. The largest absolute Gasteiger partial charge is 0.477 e. The summed E-state index contributed by atoms with van der Waals surface area (Å²) in [5, 5.41) is 13.9. The van der Waals surface area contributed by atoms with Gasteiger partial charge in [0.2, 0.25) is 0 Å². The molecule has 0 fully saturated rings. The molecule has 0 aliphatic heterocycles. The van der Waals surface area contributed by atoms with Gasteiger partial charge in [0.1, 0.15) is 15.6 Å². The monoisotopic (exact) mass is 259 g/mol. The molecular formula is C12H9N3O2S. The van der Waals surface area contributed by atoms with Crippen molar-refractivity contribution in [2.75, 3.05) is 0 Å². The number of carboxylic acid groups (broad SMARTS) is 1. The first-order chi connectivity index (χ1) is 8.66. The molecule has 3 heterocycles. The van der Waals surface area contributed by atoms with Crippen LogP contribution in [-0.2, 0) is 0 Å². The normalized spacial score (nSPS) is 10.9. The van der Waals surface area contributed by atoms with Crippen LogP contribution in [0.4, 0.5) is 0 Å². The Balaban J connectivity index is 2.23. The van der Waals surface area contributed by atoms with Crippen molar-refractivity contribution in [2.24, 2.45) is 0 Å². The Hall–Kier alpha value is -2.21. The molecule has 0 unspecified atom stereocenters. The van der Waals surface area contributed by atoms with Crippen LogP contribution in [0.2, 0.25) is 0 Å². The second-order valence-electron chi connectivity index (χ2n) is 3.82. The topological polar surface area (TPSA) is 67.5 Å². The van der Waals surface area contributed by atoms with Crippen LogP contribution >= 0.6 is 11.3 Å². The summed E-state index contributed by atoms with van der Waals surface area (Å²) in [5.74, 6) is -0.941. The zero-order chi connectivity index (χ0) is 12.7. The number of carboxylic acids is 1. The number of fused-ring (bicyclic) bond motifs is 1. The van der Waals surface area contributed by atoms with E-state index in [0.717, 1.165) is 11.2 Å². The predicted molar refractivity (Wildman–Crippen MR) is 68.0 cm³/mol. The zero-order valence-corrected chi connectivity index (χ0v) is 10.3. The molecule has 0 aromatic carbocycles. The average Bonchev–Trinajstić information content (AvgIpc) is 2.94. The molecule has 90 valence electrons. The maximum Gasteiger partial charge on any atom is 0.347 e. The SMILES string of the molecule is Cc1nc(-c2cccc3ccnn23)sc1C(=O)O. The second kappa shape index (κ2) is 3.92. The summed E-state index contributed by atoms with van der Waals surface area (Å²) in [6.45, 7) is 1.70. The van der Waals surface area contributed by atoms with Crippen molar-refractivity contribution in [3.05, 3.63) is 41.0 Å². The van der Waals surface area contributed by atoms with Crippen LogP contribution in [0.15, 0.2) is 30.5 Å². The lowest BCUT2D eigenvalue weighted by Gasteiger charge is -2.00. The van der Waals surface area contributed by atoms with E-state index in [9.17, 15) is 4.79 Å². The fraction of sp³-hybridized carbons (Fsp3) is 0.0833. The number of aryl methyl sites for hydroxylation is 1. The first-order valence-electron chi connectivity index (χ1n) is 5.30. The van der Waals surface area contributed by atoms with Crippen molar-refractivity contribution in [1.82, 2.24) is 14.6 Å². The number of pyridine rings is 1. The Bertz CT molecular complexity index is 745. The number of aromatic nitrogens is 3. The summed E-state index contributed by atoms with van der Waals surface area (Å²) in [6.07, 6.45) is 1.71. The quantitative estimate of drug-likeness (QED) is 0.767. The van der Waals surface area contributed by atoms with Gasteiger partial charge in [-0.3, -0.25) is 0 Å². The number of rotatable bonds is 2. The van der Waals surface area contributed by atoms with Crippen LogP contribution in [-0.4, -0.2) is 25.7 Å². The first kappa shape index (κ1) is 10.9. The fourth-order valence-corrected chi connectivity index (χ4v) is 2.73. The molecule has 0 aliphatic rings. The Morgan fingerprint density at radius 2 is 2.22 bits per heavy atom. The minimum atomic E-state index is -0.941. The lowest BCUT2D eigenvalue weighted by atomic mass is 10.3. The maximum absolute atomic E-state index is 11.0. The maximum atomic E-state index is 11.0. The third-order valence-corrected chi connectivity index (χ3v) is 3.80. The van der Waals surface area contributed by atoms with Gasteiger partial charge < -0.3 is 5.11 Å². The van der Waals surface area contributed by atoms with Crippen molar-refractivity contribution >= 4 is 22.8 Å².